The van der Waals surface area contributed by atoms with Gasteiger partial charge in [0.15, 0.2) is 0 Å². The monoisotopic (exact) mass is 343 g/mol. The number of hydrogen-bond donors (Lipinski definition) is 1. The Kier molecular flexibility index (Phi) is 6.09. The van der Waals surface area contributed by atoms with Gasteiger partial charge in [0.1, 0.15) is 0 Å². The molecule has 0 saturated carbocycles. The number of amides is 1. The summed E-state index contributed by atoms with van der Waals surface area (Å²) in [6.45, 7) is 7.41. The van der Waals surface area contributed by atoms with E-state index in [0.717, 1.165) is 25.2 Å². The summed E-state index contributed by atoms with van der Waals surface area (Å²) < 4.78 is 0. The van der Waals surface area contributed by atoms with Crippen LogP contribution in [0.25, 0.3) is 0 Å². The minimum atomic E-state index is -0.139. The molecule has 1 aromatic rings. The van der Waals surface area contributed by atoms with E-state index in [-0.39, 0.29) is 11.9 Å². The molecule has 0 spiro atoms. The van der Waals surface area contributed by atoms with E-state index in [1.54, 1.807) is 12.1 Å². The van der Waals surface area contributed by atoms with E-state index in [9.17, 15) is 4.79 Å². The van der Waals surface area contributed by atoms with Crippen LogP contribution in [-0.2, 0) is 4.79 Å². The third kappa shape index (κ3) is 4.59. The number of carbonyl (C=O) groups is 1. The Morgan fingerprint density at radius 1 is 1.41 bits per heavy atom. The van der Waals surface area contributed by atoms with Crippen molar-refractivity contribution in [1.29, 1.82) is 0 Å². The Labute approximate surface area is 142 Å². The minimum absolute atomic E-state index is 0.0231. The van der Waals surface area contributed by atoms with Crippen LogP contribution in [0.5, 0.6) is 0 Å². The molecule has 1 N–H and O–H groups in total. The van der Waals surface area contributed by atoms with Gasteiger partial charge in [0.2, 0.25) is 5.91 Å². The predicted molar refractivity (Wildman–Crippen MR) is 91.6 cm³/mol. The van der Waals surface area contributed by atoms with Gasteiger partial charge in [-0.2, -0.15) is 0 Å². The fourth-order valence-corrected chi connectivity index (χ4v) is 3.39. The number of benzene rings is 1. The van der Waals surface area contributed by atoms with Crippen LogP contribution in [0.1, 0.15) is 25.5 Å². The minimum Gasteiger partial charge on any atom is -0.348 e. The van der Waals surface area contributed by atoms with E-state index < -0.39 is 0 Å². The van der Waals surface area contributed by atoms with Gasteiger partial charge >= 0.3 is 0 Å². The number of carbonyl (C=O) groups excluding carboxylic acids is 1. The highest BCUT2D eigenvalue weighted by molar-refractivity contribution is 6.35. The molecule has 2 atom stereocenters. The van der Waals surface area contributed by atoms with Crippen LogP contribution in [0, 0.1) is 0 Å². The average Bonchev–Trinajstić information content (AvgIpc) is 2.41. The summed E-state index contributed by atoms with van der Waals surface area (Å²) >= 11 is 12.1. The van der Waals surface area contributed by atoms with Crippen LogP contribution in [0.3, 0.4) is 0 Å². The van der Waals surface area contributed by atoms with E-state index in [4.69, 9.17) is 23.2 Å². The van der Waals surface area contributed by atoms with Crippen LogP contribution in [-0.4, -0.2) is 55.0 Å². The second-order valence-corrected chi connectivity index (χ2v) is 6.88. The number of piperazine rings is 1. The van der Waals surface area contributed by atoms with Gasteiger partial charge in [0.05, 0.1) is 12.6 Å². The number of halogens is 2. The maximum absolute atomic E-state index is 12.3. The van der Waals surface area contributed by atoms with Crippen molar-refractivity contribution in [3.8, 4) is 0 Å². The maximum atomic E-state index is 12.3. The van der Waals surface area contributed by atoms with Crippen molar-refractivity contribution in [2.75, 3.05) is 33.2 Å². The molecule has 0 bridgehead atoms. The van der Waals surface area contributed by atoms with Gasteiger partial charge in [-0.15, -0.1) is 0 Å². The Morgan fingerprint density at radius 2 is 2.14 bits per heavy atom. The van der Waals surface area contributed by atoms with Crippen LogP contribution >= 0.6 is 23.2 Å². The quantitative estimate of drug-likeness (QED) is 0.912. The predicted octanol–water partition coefficient (Wildman–Crippen LogP) is 2.81. The maximum Gasteiger partial charge on any atom is 0.234 e. The normalized spacial score (nSPS) is 21.6. The van der Waals surface area contributed by atoms with Crippen molar-refractivity contribution in [2.45, 2.75) is 25.9 Å². The van der Waals surface area contributed by atoms with Crippen LogP contribution in [0.2, 0.25) is 10.0 Å². The Morgan fingerprint density at radius 3 is 2.77 bits per heavy atom. The van der Waals surface area contributed by atoms with Crippen molar-refractivity contribution in [2.24, 2.45) is 0 Å². The zero-order valence-corrected chi connectivity index (χ0v) is 14.8. The van der Waals surface area contributed by atoms with Crippen LogP contribution in [0.15, 0.2) is 18.2 Å². The van der Waals surface area contributed by atoms with Gasteiger partial charge in [-0.05, 0) is 38.6 Å². The summed E-state index contributed by atoms with van der Waals surface area (Å²) in [5.41, 5.74) is 0.880. The smallest absolute Gasteiger partial charge is 0.234 e. The molecule has 1 amide bonds. The highest BCUT2D eigenvalue weighted by Crippen LogP contribution is 2.26. The molecular weight excluding hydrogens is 321 g/mol. The van der Waals surface area contributed by atoms with Gasteiger partial charge < -0.3 is 10.2 Å². The molecule has 0 aromatic heterocycles. The first-order valence-corrected chi connectivity index (χ1v) is 8.29. The van der Waals surface area contributed by atoms with Crippen molar-refractivity contribution >= 4 is 29.1 Å². The fourth-order valence-electron chi connectivity index (χ4n) is 2.81. The third-order valence-electron chi connectivity index (χ3n) is 4.12. The molecule has 4 nitrogen and oxygen atoms in total. The zero-order valence-electron chi connectivity index (χ0n) is 13.3. The lowest BCUT2D eigenvalue weighted by Gasteiger charge is -2.37. The summed E-state index contributed by atoms with van der Waals surface area (Å²) in [4.78, 5) is 16.8. The Bertz CT molecular complexity index is 538. The molecular formula is C16H23Cl2N3O. The first-order valence-electron chi connectivity index (χ1n) is 7.53. The molecule has 0 unspecified atom stereocenters. The van der Waals surface area contributed by atoms with Crippen LogP contribution in [0.4, 0.5) is 0 Å². The van der Waals surface area contributed by atoms with E-state index in [1.165, 1.54) is 0 Å². The topological polar surface area (TPSA) is 35.6 Å². The first kappa shape index (κ1) is 17.5. The summed E-state index contributed by atoms with van der Waals surface area (Å²) in [5.74, 6) is 0.0231. The number of rotatable bonds is 4. The number of nitrogens with one attached hydrogen (secondary N) is 1. The first-order chi connectivity index (χ1) is 10.4. The molecule has 1 aliphatic heterocycles. The summed E-state index contributed by atoms with van der Waals surface area (Å²) in [6, 6.07) is 5.59. The molecule has 22 heavy (non-hydrogen) atoms. The van der Waals surface area contributed by atoms with Crippen molar-refractivity contribution in [1.82, 2.24) is 15.1 Å². The average molecular weight is 344 g/mol. The van der Waals surface area contributed by atoms with Crippen molar-refractivity contribution in [3.05, 3.63) is 33.8 Å². The molecule has 6 heteroatoms. The van der Waals surface area contributed by atoms with E-state index >= 15 is 0 Å². The second-order valence-electron chi connectivity index (χ2n) is 6.04. The SMILES string of the molecule is C[C@@H]1CN(C)CCN1CC(=O)N[C@H](C)c1ccc(Cl)cc1Cl. The fraction of sp³-hybridized carbons (Fsp3) is 0.562. The van der Waals surface area contributed by atoms with Gasteiger partial charge in [-0.25, -0.2) is 0 Å². The highest BCUT2D eigenvalue weighted by Gasteiger charge is 2.24. The van der Waals surface area contributed by atoms with Crippen LogP contribution < -0.4 is 5.32 Å². The molecule has 1 fully saturated rings. The molecule has 0 aliphatic carbocycles. The molecule has 0 radical (unpaired) electrons. The Balaban J connectivity index is 1.91. The van der Waals surface area contributed by atoms with E-state index in [0.29, 0.717) is 22.6 Å². The largest absolute Gasteiger partial charge is 0.348 e. The van der Waals surface area contributed by atoms with E-state index in [2.05, 4.69) is 29.1 Å². The zero-order chi connectivity index (χ0) is 16.3. The Hall–Kier alpha value is -0.810. The molecule has 1 heterocycles. The molecule has 1 aliphatic rings. The number of nitrogens with zero attached hydrogens (tertiary/aromatic N) is 2. The summed E-state index contributed by atoms with van der Waals surface area (Å²) in [5, 5.41) is 4.19. The van der Waals surface area contributed by atoms with Gasteiger partial charge in [-0.1, -0.05) is 29.3 Å². The molecule has 122 valence electrons. The number of hydrogen-bond acceptors (Lipinski definition) is 3. The molecule has 1 saturated heterocycles. The lowest BCUT2D eigenvalue weighted by Crippen LogP contribution is -2.53. The second kappa shape index (κ2) is 7.64. The number of likely N-dealkylation sites (N-methyl/N-ethyl adjacent to an activating group) is 1. The molecule has 2 rings (SSSR count). The third-order valence-corrected chi connectivity index (χ3v) is 4.68. The lowest BCUT2D eigenvalue weighted by molar-refractivity contribution is -0.124. The molecule has 1 aromatic carbocycles. The lowest BCUT2D eigenvalue weighted by atomic mass is 10.1. The summed E-state index contributed by atoms with van der Waals surface area (Å²) in [7, 11) is 2.11. The highest BCUT2D eigenvalue weighted by atomic mass is 35.5. The van der Waals surface area contributed by atoms with Gasteiger partial charge in [0.25, 0.3) is 0 Å². The van der Waals surface area contributed by atoms with Crippen molar-refractivity contribution < 1.29 is 4.79 Å². The van der Waals surface area contributed by atoms with Gasteiger partial charge in [-0.3, -0.25) is 9.69 Å². The summed E-state index contributed by atoms with van der Waals surface area (Å²) in [6.07, 6.45) is 0. The van der Waals surface area contributed by atoms with Crippen molar-refractivity contribution in [3.63, 3.8) is 0 Å². The van der Waals surface area contributed by atoms with E-state index in [1.807, 2.05) is 13.0 Å². The standard InChI is InChI=1S/C16H23Cl2N3O/c1-11-9-20(3)6-7-21(11)10-16(22)19-12(2)14-5-4-13(17)8-15(14)18/h4-5,8,11-12H,6-7,9-10H2,1-3H3,(H,19,22)/t11-,12-/m1/s1. The van der Waals surface area contributed by atoms with Gasteiger partial charge in [0, 0.05) is 35.7 Å².